The zero-order valence-corrected chi connectivity index (χ0v) is 12.6. The Morgan fingerprint density at radius 2 is 1.94 bits per heavy atom. The van der Waals surface area contributed by atoms with Crippen LogP contribution in [0.15, 0.2) is 33.6 Å². The molecular formula is C12H9BrClFN2S. The number of nitrogens with zero attached hydrogens (tertiary/aromatic N) is 2. The summed E-state index contributed by atoms with van der Waals surface area (Å²) in [5, 5.41) is -0.117. The second-order valence-electron chi connectivity index (χ2n) is 3.57. The quantitative estimate of drug-likeness (QED) is 0.598. The highest BCUT2D eigenvalue weighted by atomic mass is 79.9. The molecule has 0 fully saturated rings. The smallest absolute Gasteiger partial charge is 0.181 e. The maximum absolute atomic E-state index is 13.2. The average molecular weight is 348 g/mol. The van der Waals surface area contributed by atoms with E-state index in [2.05, 4.69) is 25.9 Å². The largest absolute Gasteiger partial charge is 0.234 e. The molecule has 6 heteroatoms. The van der Waals surface area contributed by atoms with Crippen molar-refractivity contribution in [3.63, 3.8) is 0 Å². The monoisotopic (exact) mass is 346 g/mol. The van der Waals surface area contributed by atoms with Crippen molar-refractivity contribution in [1.29, 1.82) is 0 Å². The van der Waals surface area contributed by atoms with Gasteiger partial charge in [-0.15, -0.1) is 11.8 Å². The van der Waals surface area contributed by atoms with Crippen LogP contribution in [-0.4, -0.2) is 9.97 Å². The summed E-state index contributed by atoms with van der Waals surface area (Å²) in [5.74, 6) is 0.545. The van der Waals surface area contributed by atoms with Crippen LogP contribution in [0.5, 0.6) is 0 Å². The van der Waals surface area contributed by atoms with Crippen molar-refractivity contribution in [1.82, 2.24) is 9.97 Å². The molecule has 0 aliphatic rings. The summed E-state index contributed by atoms with van der Waals surface area (Å²) < 4.78 is 14.3. The zero-order chi connectivity index (χ0) is 13.1. The molecule has 1 heterocycles. The van der Waals surface area contributed by atoms with Gasteiger partial charge in [-0.1, -0.05) is 27.5 Å². The molecule has 0 aliphatic heterocycles. The van der Waals surface area contributed by atoms with E-state index in [0.717, 1.165) is 9.37 Å². The molecule has 0 aliphatic carbocycles. The molecular weight excluding hydrogens is 339 g/mol. The van der Waals surface area contributed by atoms with E-state index in [0.29, 0.717) is 11.6 Å². The van der Waals surface area contributed by atoms with Gasteiger partial charge < -0.3 is 0 Å². The molecule has 2 rings (SSSR count). The van der Waals surface area contributed by atoms with Gasteiger partial charge in [-0.3, -0.25) is 0 Å². The Hall–Kier alpha value is -0.650. The van der Waals surface area contributed by atoms with Gasteiger partial charge in [0.15, 0.2) is 11.0 Å². The summed E-state index contributed by atoms with van der Waals surface area (Å²) in [6, 6.07) is 7.91. The SMILES string of the molecule is Cc1nc(CSc2ccc(Br)cc2)nc(Cl)c1F. The van der Waals surface area contributed by atoms with Crippen LogP contribution in [0.2, 0.25) is 5.15 Å². The number of halogens is 3. The van der Waals surface area contributed by atoms with Crippen molar-refractivity contribution < 1.29 is 4.39 Å². The number of rotatable bonds is 3. The molecule has 94 valence electrons. The van der Waals surface area contributed by atoms with Crippen LogP contribution in [0.25, 0.3) is 0 Å². The van der Waals surface area contributed by atoms with E-state index in [1.165, 1.54) is 0 Å². The first-order valence-corrected chi connectivity index (χ1v) is 7.29. The van der Waals surface area contributed by atoms with Crippen molar-refractivity contribution in [2.75, 3.05) is 0 Å². The second-order valence-corrected chi connectivity index (χ2v) is 5.90. The van der Waals surface area contributed by atoms with Crippen LogP contribution in [0.3, 0.4) is 0 Å². The maximum Gasteiger partial charge on any atom is 0.181 e. The van der Waals surface area contributed by atoms with Gasteiger partial charge in [0.05, 0.1) is 11.4 Å². The van der Waals surface area contributed by atoms with E-state index in [1.807, 2.05) is 24.3 Å². The molecule has 0 radical (unpaired) electrons. The van der Waals surface area contributed by atoms with E-state index >= 15 is 0 Å². The third-order valence-electron chi connectivity index (χ3n) is 2.20. The molecule has 0 saturated carbocycles. The van der Waals surface area contributed by atoms with Crippen molar-refractivity contribution in [3.8, 4) is 0 Å². The highest BCUT2D eigenvalue weighted by molar-refractivity contribution is 9.10. The number of thioether (sulfide) groups is 1. The van der Waals surface area contributed by atoms with E-state index in [1.54, 1.807) is 18.7 Å². The van der Waals surface area contributed by atoms with Crippen molar-refractivity contribution in [2.24, 2.45) is 0 Å². The molecule has 0 spiro atoms. The van der Waals surface area contributed by atoms with E-state index < -0.39 is 5.82 Å². The third-order valence-corrected chi connectivity index (χ3v) is 3.99. The Labute approximate surface area is 122 Å². The lowest BCUT2D eigenvalue weighted by Gasteiger charge is -2.04. The first-order chi connectivity index (χ1) is 8.56. The summed E-state index contributed by atoms with van der Waals surface area (Å²) in [7, 11) is 0. The predicted molar refractivity (Wildman–Crippen MR) is 75.4 cm³/mol. The Morgan fingerprint density at radius 1 is 1.28 bits per heavy atom. The Kier molecular flexibility index (Phi) is 4.59. The van der Waals surface area contributed by atoms with Gasteiger partial charge in [0.2, 0.25) is 0 Å². The Morgan fingerprint density at radius 3 is 2.56 bits per heavy atom. The summed E-state index contributed by atoms with van der Waals surface area (Å²) in [6.07, 6.45) is 0. The van der Waals surface area contributed by atoms with Crippen LogP contribution in [-0.2, 0) is 5.75 Å². The number of aryl methyl sites for hydroxylation is 1. The second kappa shape index (κ2) is 5.99. The van der Waals surface area contributed by atoms with Crippen molar-refractivity contribution in [3.05, 3.63) is 51.2 Å². The standard InChI is InChI=1S/C12H9BrClFN2S/c1-7-11(15)12(14)17-10(16-7)6-18-9-4-2-8(13)3-5-9/h2-5H,6H2,1H3. The predicted octanol–water partition coefficient (Wildman–Crippen LogP) is 4.63. The van der Waals surface area contributed by atoms with Gasteiger partial charge in [0, 0.05) is 9.37 Å². The molecule has 0 bridgehead atoms. The molecule has 2 nitrogen and oxygen atoms in total. The van der Waals surface area contributed by atoms with Gasteiger partial charge in [0.25, 0.3) is 0 Å². The number of aromatic nitrogens is 2. The molecule has 0 unspecified atom stereocenters. The molecule has 1 aromatic carbocycles. The minimum Gasteiger partial charge on any atom is -0.234 e. The number of benzene rings is 1. The summed E-state index contributed by atoms with van der Waals surface area (Å²) in [5.41, 5.74) is 0.279. The fourth-order valence-corrected chi connectivity index (χ4v) is 2.57. The maximum atomic E-state index is 13.2. The minimum atomic E-state index is -0.547. The Bertz CT molecular complexity index is 539. The molecule has 0 saturated heterocycles. The van der Waals surface area contributed by atoms with Crippen LogP contribution in [0.4, 0.5) is 4.39 Å². The molecule has 1 aromatic heterocycles. The normalized spacial score (nSPS) is 10.7. The van der Waals surface area contributed by atoms with Crippen LogP contribution in [0, 0.1) is 12.7 Å². The topological polar surface area (TPSA) is 25.8 Å². The van der Waals surface area contributed by atoms with Crippen LogP contribution in [0.1, 0.15) is 11.5 Å². The van der Waals surface area contributed by atoms with E-state index in [-0.39, 0.29) is 10.8 Å². The first-order valence-electron chi connectivity index (χ1n) is 5.13. The Balaban J connectivity index is 2.08. The minimum absolute atomic E-state index is 0.117. The lowest BCUT2D eigenvalue weighted by molar-refractivity contribution is 0.598. The van der Waals surface area contributed by atoms with Crippen LogP contribution >= 0.6 is 39.3 Å². The van der Waals surface area contributed by atoms with Gasteiger partial charge in [-0.2, -0.15) is 0 Å². The van der Waals surface area contributed by atoms with Crippen molar-refractivity contribution in [2.45, 2.75) is 17.6 Å². The van der Waals surface area contributed by atoms with Gasteiger partial charge >= 0.3 is 0 Å². The average Bonchev–Trinajstić information content (AvgIpc) is 2.35. The molecule has 0 amide bonds. The molecule has 0 atom stereocenters. The number of hydrogen-bond acceptors (Lipinski definition) is 3. The fourth-order valence-electron chi connectivity index (χ4n) is 1.32. The lowest BCUT2D eigenvalue weighted by Crippen LogP contribution is -1.99. The van der Waals surface area contributed by atoms with E-state index in [4.69, 9.17) is 11.6 Å². The molecule has 2 aromatic rings. The fraction of sp³-hybridized carbons (Fsp3) is 0.167. The van der Waals surface area contributed by atoms with Gasteiger partial charge in [-0.05, 0) is 31.2 Å². The van der Waals surface area contributed by atoms with Crippen molar-refractivity contribution >= 4 is 39.3 Å². The van der Waals surface area contributed by atoms with Gasteiger partial charge in [-0.25, -0.2) is 14.4 Å². The lowest BCUT2D eigenvalue weighted by atomic mass is 10.4. The summed E-state index contributed by atoms with van der Waals surface area (Å²) in [4.78, 5) is 9.08. The first kappa shape index (κ1) is 13.8. The van der Waals surface area contributed by atoms with Crippen LogP contribution < -0.4 is 0 Å². The molecule has 0 N–H and O–H groups in total. The highest BCUT2D eigenvalue weighted by Gasteiger charge is 2.09. The zero-order valence-electron chi connectivity index (χ0n) is 9.45. The summed E-state index contributed by atoms with van der Waals surface area (Å²) >= 11 is 10.6. The number of hydrogen-bond donors (Lipinski definition) is 0. The molecule has 18 heavy (non-hydrogen) atoms. The summed E-state index contributed by atoms with van der Waals surface area (Å²) in [6.45, 7) is 1.58. The van der Waals surface area contributed by atoms with E-state index in [9.17, 15) is 4.39 Å². The third kappa shape index (κ3) is 3.43. The van der Waals surface area contributed by atoms with Gasteiger partial charge in [0.1, 0.15) is 5.82 Å². The highest BCUT2D eigenvalue weighted by Crippen LogP contribution is 2.24.